The van der Waals surface area contributed by atoms with Crippen molar-refractivity contribution in [2.24, 2.45) is 0 Å². The maximum Gasteiger partial charge on any atom is 0.342 e. The van der Waals surface area contributed by atoms with Crippen molar-refractivity contribution in [1.82, 2.24) is 14.8 Å². The van der Waals surface area contributed by atoms with Crippen LogP contribution in [-0.2, 0) is 11.3 Å². The van der Waals surface area contributed by atoms with E-state index in [1.165, 1.54) is 4.57 Å². The number of aromatic amines is 2. The Morgan fingerprint density at radius 3 is 2.79 bits per heavy atom. The largest absolute Gasteiger partial charge is 0.381 e. The summed E-state index contributed by atoms with van der Waals surface area (Å²) in [5.41, 5.74) is -0.189. The van der Waals surface area contributed by atoms with Crippen LogP contribution < -0.4 is 5.69 Å². The topological polar surface area (TPSA) is 62.8 Å². The summed E-state index contributed by atoms with van der Waals surface area (Å²) in [6.07, 6.45) is 1.82. The lowest BCUT2D eigenvalue weighted by molar-refractivity contribution is 0.129. The van der Waals surface area contributed by atoms with Crippen LogP contribution in [0.15, 0.2) is 4.79 Å². The van der Waals surface area contributed by atoms with Crippen LogP contribution in [-0.4, -0.2) is 28.0 Å². The molecule has 0 unspecified atom stereocenters. The van der Waals surface area contributed by atoms with Gasteiger partial charge in [-0.25, -0.2) is 9.89 Å². The maximum atomic E-state index is 11.1. The molecule has 0 aliphatic heterocycles. The van der Waals surface area contributed by atoms with Crippen LogP contribution in [0.1, 0.15) is 19.8 Å². The minimum atomic E-state index is -0.189. The van der Waals surface area contributed by atoms with Crippen molar-refractivity contribution in [3.63, 3.8) is 0 Å². The molecule has 6 heteroatoms. The molecule has 1 aromatic heterocycles. The van der Waals surface area contributed by atoms with Gasteiger partial charge in [0.05, 0.1) is 0 Å². The van der Waals surface area contributed by atoms with Gasteiger partial charge in [-0.15, -0.1) is 0 Å². The predicted octanol–water partition coefficient (Wildman–Crippen LogP) is 1.05. The Morgan fingerprint density at radius 2 is 2.21 bits per heavy atom. The molecule has 1 aromatic rings. The van der Waals surface area contributed by atoms with E-state index >= 15 is 0 Å². The molecule has 0 atom stereocenters. The minimum Gasteiger partial charge on any atom is -0.381 e. The first kappa shape index (κ1) is 11.2. The Bertz CT molecular complexity index is 338. The second-order valence-electron chi connectivity index (χ2n) is 2.98. The lowest BCUT2D eigenvalue weighted by Gasteiger charge is -2.01. The Kier molecular flexibility index (Phi) is 4.61. The van der Waals surface area contributed by atoms with Crippen molar-refractivity contribution in [1.29, 1.82) is 0 Å². The molecular weight excluding hydrogens is 202 g/mol. The van der Waals surface area contributed by atoms with Gasteiger partial charge in [0.2, 0.25) is 0 Å². The van der Waals surface area contributed by atoms with E-state index in [1.807, 2.05) is 0 Å². The van der Waals surface area contributed by atoms with Gasteiger partial charge in [0, 0.05) is 19.8 Å². The molecule has 0 spiro atoms. The van der Waals surface area contributed by atoms with E-state index in [9.17, 15) is 4.79 Å². The molecule has 0 bridgehead atoms. The third-order valence-corrected chi connectivity index (χ3v) is 2.11. The third kappa shape index (κ3) is 3.12. The van der Waals surface area contributed by atoms with E-state index in [1.54, 1.807) is 0 Å². The van der Waals surface area contributed by atoms with E-state index < -0.39 is 0 Å². The standard InChI is InChI=1S/C8H15N3O2S/c1-2-5-13-6-3-4-11-7(12)9-10-8(11)14/h2-6H2,1H3,(H,9,12)(H,10,14). The molecular formula is C8H15N3O2S. The third-order valence-electron chi connectivity index (χ3n) is 1.79. The molecule has 1 heterocycles. The molecule has 0 saturated heterocycles. The van der Waals surface area contributed by atoms with E-state index in [0.717, 1.165) is 19.4 Å². The van der Waals surface area contributed by atoms with E-state index in [0.29, 0.717) is 17.9 Å². The predicted molar refractivity (Wildman–Crippen MR) is 56.0 cm³/mol. The van der Waals surface area contributed by atoms with Crippen LogP contribution in [0.25, 0.3) is 0 Å². The highest BCUT2D eigenvalue weighted by Crippen LogP contribution is 1.90. The van der Waals surface area contributed by atoms with E-state index in [2.05, 4.69) is 17.1 Å². The van der Waals surface area contributed by atoms with Gasteiger partial charge >= 0.3 is 5.69 Å². The Labute approximate surface area is 87.1 Å². The maximum absolute atomic E-state index is 11.1. The highest BCUT2D eigenvalue weighted by Gasteiger charge is 1.98. The highest BCUT2D eigenvalue weighted by atomic mass is 32.1. The molecule has 80 valence electrons. The fraction of sp³-hybridized carbons (Fsp3) is 0.750. The van der Waals surface area contributed by atoms with Gasteiger partial charge in [0.15, 0.2) is 4.77 Å². The molecule has 1 rings (SSSR count). The van der Waals surface area contributed by atoms with Gasteiger partial charge in [-0.05, 0) is 25.1 Å². The number of hydrogen-bond donors (Lipinski definition) is 2. The van der Waals surface area contributed by atoms with Gasteiger partial charge < -0.3 is 4.74 Å². The number of nitrogens with zero attached hydrogens (tertiary/aromatic N) is 1. The zero-order valence-electron chi connectivity index (χ0n) is 8.21. The van der Waals surface area contributed by atoms with Crippen LogP contribution in [0, 0.1) is 4.77 Å². The lowest BCUT2D eigenvalue weighted by atomic mass is 10.4. The second-order valence-corrected chi connectivity index (χ2v) is 3.36. The summed E-state index contributed by atoms with van der Waals surface area (Å²) in [6.45, 7) is 4.10. The molecule has 0 radical (unpaired) electrons. The smallest absolute Gasteiger partial charge is 0.342 e. The molecule has 0 aliphatic carbocycles. The summed E-state index contributed by atoms with van der Waals surface area (Å²) < 4.78 is 7.22. The minimum absolute atomic E-state index is 0.189. The first-order valence-corrected chi connectivity index (χ1v) is 5.11. The summed E-state index contributed by atoms with van der Waals surface area (Å²) in [4.78, 5) is 11.1. The van der Waals surface area contributed by atoms with Crippen molar-refractivity contribution in [3.8, 4) is 0 Å². The number of aromatic nitrogens is 3. The van der Waals surface area contributed by atoms with E-state index in [4.69, 9.17) is 17.0 Å². The number of ether oxygens (including phenoxy) is 1. The monoisotopic (exact) mass is 217 g/mol. The number of rotatable bonds is 6. The summed E-state index contributed by atoms with van der Waals surface area (Å²) in [5, 5.41) is 5.01. The Morgan fingerprint density at radius 1 is 1.43 bits per heavy atom. The fourth-order valence-electron chi connectivity index (χ4n) is 1.11. The second kappa shape index (κ2) is 5.77. The van der Waals surface area contributed by atoms with Gasteiger partial charge in [0.25, 0.3) is 0 Å². The molecule has 5 nitrogen and oxygen atoms in total. The van der Waals surface area contributed by atoms with Crippen molar-refractivity contribution >= 4 is 12.2 Å². The summed E-state index contributed by atoms with van der Waals surface area (Å²) >= 11 is 4.91. The van der Waals surface area contributed by atoms with Gasteiger partial charge in [-0.1, -0.05) is 6.92 Å². The van der Waals surface area contributed by atoms with Crippen LogP contribution in [0.5, 0.6) is 0 Å². The SMILES string of the molecule is CCCOCCCn1c(=O)[nH][nH]c1=S. The Hall–Kier alpha value is -0.880. The molecule has 0 fully saturated rings. The average Bonchev–Trinajstić information content (AvgIpc) is 2.48. The van der Waals surface area contributed by atoms with Crippen molar-refractivity contribution < 1.29 is 4.74 Å². The Balaban J connectivity index is 2.32. The van der Waals surface area contributed by atoms with Crippen LogP contribution >= 0.6 is 12.2 Å². The molecule has 0 saturated carbocycles. The number of hydrogen-bond acceptors (Lipinski definition) is 3. The number of nitrogens with one attached hydrogen (secondary N) is 2. The quantitative estimate of drug-likeness (QED) is 0.553. The normalized spacial score (nSPS) is 10.6. The molecule has 0 amide bonds. The zero-order chi connectivity index (χ0) is 10.4. The van der Waals surface area contributed by atoms with Crippen molar-refractivity contribution in [2.45, 2.75) is 26.3 Å². The summed E-state index contributed by atoms with van der Waals surface area (Å²) in [7, 11) is 0. The van der Waals surface area contributed by atoms with Crippen molar-refractivity contribution in [3.05, 3.63) is 15.3 Å². The lowest BCUT2D eigenvalue weighted by Crippen LogP contribution is -2.18. The molecule has 2 N–H and O–H groups in total. The zero-order valence-corrected chi connectivity index (χ0v) is 9.02. The molecule has 0 aromatic carbocycles. The molecule has 14 heavy (non-hydrogen) atoms. The van der Waals surface area contributed by atoms with E-state index in [-0.39, 0.29) is 5.69 Å². The van der Waals surface area contributed by atoms with Crippen LogP contribution in [0.3, 0.4) is 0 Å². The number of H-pyrrole nitrogens is 2. The van der Waals surface area contributed by atoms with Crippen LogP contribution in [0.4, 0.5) is 0 Å². The van der Waals surface area contributed by atoms with Gasteiger partial charge in [-0.3, -0.25) is 9.67 Å². The first-order valence-electron chi connectivity index (χ1n) is 4.71. The highest BCUT2D eigenvalue weighted by molar-refractivity contribution is 7.71. The van der Waals surface area contributed by atoms with Crippen molar-refractivity contribution in [2.75, 3.05) is 13.2 Å². The average molecular weight is 217 g/mol. The van der Waals surface area contributed by atoms with Gasteiger partial charge in [0.1, 0.15) is 0 Å². The first-order chi connectivity index (χ1) is 6.75. The summed E-state index contributed by atoms with van der Waals surface area (Å²) in [5.74, 6) is 0. The van der Waals surface area contributed by atoms with Gasteiger partial charge in [-0.2, -0.15) is 0 Å². The molecule has 0 aliphatic rings. The summed E-state index contributed by atoms with van der Waals surface area (Å²) in [6, 6.07) is 0. The van der Waals surface area contributed by atoms with Crippen LogP contribution in [0.2, 0.25) is 0 Å². The fourth-order valence-corrected chi connectivity index (χ4v) is 1.33.